The lowest BCUT2D eigenvalue weighted by atomic mass is 10.1. The lowest BCUT2D eigenvalue weighted by Crippen LogP contribution is -2.16. The van der Waals surface area contributed by atoms with Crippen molar-refractivity contribution in [3.8, 4) is 11.4 Å². The third-order valence-corrected chi connectivity index (χ3v) is 4.14. The molecular formula is C16H18N4OS. The van der Waals surface area contributed by atoms with Crippen LogP contribution in [0.15, 0.2) is 35.0 Å². The van der Waals surface area contributed by atoms with Crippen molar-refractivity contribution in [2.75, 3.05) is 7.05 Å². The first kappa shape index (κ1) is 14.9. The Hall–Kier alpha value is -2.05. The number of nitrogens with zero attached hydrogens (tertiary/aromatic N) is 4. The van der Waals surface area contributed by atoms with Gasteiger partial charge >= 0.3 is 0 Å². The predicted octanol–water partition coefficient (Wildman–Crippen LogP) is 3.44. The molecule has 0 radical (unpaired) electrons. The third kappa shape index (κ3) is 3.58. The van der Waals surface area contributed by atoms with Gasteiger partial charge in [-0.05, 0) is 27.0 Å². The van der Waals surface area contributed by atoms with Gasteiger partial charge in [0, 0.05) is 23.2 Å². The van der Waals surface area contributed by atoms with Crippen LogP contribution < -0.4 is 0 Å². The van der Waals surface area contributed by atoms with Crippen LogP contribution in [0.3, 0.4) is 0 Å². The molecular weight excluding hydrogens is 296 g/mol. The van der Waals surface area contributed by atoms with Gasteiger partial charge in [0.1, 0.15) is 0 Å². The smallest absolute Gasteiger partial charge is 0.241 e. The Balaban J connectivity index is 1.66. The van der Waals surface area contributed by atoms with Crippen molar-refractivity contribution in [3.05, 3.63) is 51.8 Å². The Morgan fingerprint density at radius 1 is 1.23 bits per heavy atom. The Morgan fingerprint density at radius 3 is 2.82 bits per heavy atom. The molecule has 0 fully saturated rings. The molecule has 0 amide bonds. The van der Waals surface area contributed by atoms with E-state index in [0.29, 0.717) is 18.3 Å². The monoisotopic (exact) mass is 314 g/mol. The van der Waals surface area contributed by atoms with Crippen molar-refractivity contribution in [3.63, 3.8) is 0 Å². The maximum absolute atomic E-state index is 5.36. The fourth-order valence-corrected chi connectivity index (χ4v) is 3.13. The van der Waals surface area contributed by atoms with Gasteiger partial charge < -0.3 is 4.52 Å². The van der Waals surface area contributed by atoms with Crippen molar-refractivity contribution < 1.29 is 4.52 Å². The Labute approximate surface area is 133 Å². The van der Waals surface area contributed by atoms with Gasteiger partial charge in [-0.25, -0.2) is 4.98 Å². The summed E-state index contributed by atoms with van der Waals surface area (Å²) in [5.41, 5.74) is 2.16. The molecule has 0 saturated carbocycles. The highest BCUT2D eigenvalue weighted by Gasteiger charge is 2.12. The molecule has 0 aliphatic rings. The zero-order chi connectivity index (χ0) is 15.5. The number of hydrogen-bond acceptors (Lipinski definition) is 6. The van der Waals surface area contributed by atoms with Crippen LogP contribution in [0.25, 0.3) is 11.4 Å². The largest absolute Gasteiger partial charge is 0.338 e. The van der Waals surface area contributed by atoms with Crippen LogP contribution in [-0.2, 0) is 13.1 Å². The molecule has 0 atom stereocenters. The highest BCUT2D eigenvalue weighted by atomic mass is 32.1. The molecule has 3 rings (SSSR count). The number of aryl methyl sites for hydroxylation is 2. The molecule has 22 heavy (non-hydrogen) atoms. The SMILES string of the molecule is Cc1cccc(-c2noc(CN(C)Cc3cnc(C)s3)n2)c1. The Morgan fingerprint density at radius 2 is 2.09 bits per heavy atom. The average molecular weight is 314 g/mol. The van der Waals surface area contributed by atoms with Crippen molar-refractivity contribution in [2.45, 2.75) is 26.9 Å². The van der Waals surface area contributed by atoms with Crippen LogP contribution in [-0.4, -0.2) is 27.1 Å². The van der Waals surface area contributed by atoms with E-state index in [2.05, 4.69) is 39.1 Å². The quantitative estimate of drug-likeness (QED) is 0.722. The molecule has 5 nitrogen and oxygen atoms in total. The van der Waals surface area contributed by atoms with Crippen molar-refractivity contribution in [2.24, 2.45) is 0 Å². The van der Waals surface area contributed by atoms with E-state index in [9.17, 15) is 0 Å². The summed E-state index contributed by atoms with van der Waals surface area (Å²) in [5, 5.41) is 5.16. The molecule has 6 heteroatoms. The van der Waals surface area contributed by atoms with Crippen molar-refractivity contribution >= 4 is 11.3 Å². The third-order valence-electron chi connectivity index (χ3n) is 3.24. The topological polar surface area (TPSA) is 55.1 Å². The second-order valence-corrected chi connectivity index (χ2v) is 6.72. The first-order chi connectivity index (χ1) is 10.6. The summed E-state index contributed by atoms with van der Waals surface area (Å²) in [6.45, 7) is 5.51. The maximum Gasteiger partial charge on any atom is 0.241 e. The van der Waals surface area contributed by atoms with Crippen molar-refractivity contribution in [1.29, 1.82) is 0 Å². The van der Waals surface area contributed by atoms with Crippen LogP contribution in [0, 0.1) is 13.8 Å². The number of hydrogen-bond donors (Lipinski definition) is 0. The minimum Gasteiger partial charge on any atom is -0.338 e. The first-order valence-corrected chi connectivity index (χ1v) is 7.91. The molecule has 0 bridgehead atoms. The van der Waals surface area contributed by atoms with E-state index in [4.69, 9.17) is 4.52 Å². The van der Waals surface area contributed by atoms with Crippen LogP contribution in [0.4, 0.5) is 0 Å². The first-order valence-electron chi connectivity index (χ1n) is 7.09. The molecule has 3 aromatic rings. The van der Waals surface area contributed by atoms with E-state index in [1.165, 1.54) is 10.4 Å². The molecule has 1 aromatic carbocycles. The summed E-state index contributed by atoms with van der Waals surface area (Å²) in [6.07, 6.45) is 1.92. The maximum atomic E-state index is 5.36. The summed E-state index contributed by atoms with van der Waals surface area (Å²) in [4.78, 5) is 12.1. The molecule has 114 valence electrons. The van der Waals surface area contributed by atoms with Gasteiger partial charge in [0.25, 0.3) is 0 Å². The zero-order valence-corrected chi connectivity index (χ0v) is 13.7. The van der Waals surface area contributed by atoms with E-state index < -0.39 is 0 Å². The second-order valence-electron chi connectivity index (χ2n) is 5.40. The lowest BCUT2D eigenvalue weighted by molar-refractivity contribution is 0.262. The van der Waals surface area contributed by atoms with Gasteiger partial charge in [0.15, 0.2) is 0 Å². The normalized spacial score (nSPS) is 11.3. The highest BCUT2D eigenvalue weighted by Crippen LogP contribution is 2.18. The summed E-state index contributed by atoms with van der Waals surface area (Å²) in [6, 6.07) is 8.10. The minimum atomic E-state index is 0.621. The molecule has 2 heterocycles. The van der Waals surface area contributed by atoms with Crippen LogP contribution >= 0.6 is 11.3 Å². The number of thiazole rings is 1. The summed E-state index contributed by atoms with van der Waals surface area (Å²) < 4.78 is 5.36. The zero-order valence-electron chi connectivity index (χ0n) is 12.9. The van der Waals surface area contributed by atoms with E-state index in [0.717, 1.165) is 17.1 Å². The standard InChI is InChI=1S/C16H18N4OS/c1-11-5-4-6-13(7-11)16-18-15(21-19-16)10-20(3)9-14-8-17-12(2)22-14/h4-8H,9-10H2,1-3H3. The van der Waals surface area contributed by atoms with E-state index in [1.54, 1.807) is 11.3 Å². The fraction of sp³-hybridized carbons (Fsp3) is 0.312. The van der Waals surface area contributed by atoms with E-state index in [1.807, 2.05) is 32.3 Å². The molecule has 0 spiro atoms. The molecule has 2 aromatic heterocycles. The Bertz CT molecular complexity index is 765. The molecule has 0 aliphatic heterocycles. The van der Waals surface area contributed by atoms with Gasteiger partial charge in [-0.3, -0.25) is 4.90 Å². The number of benzene rings is 1. The fourth-order valence-electron chi connectivity index (χ4n) is 2.25. The van der Waals surface area contributed by atoms with Gasteiger partial charge in [-0.1, -0.05) is 28.9 Å². The van der Waals surface area contributed by atoms with E-state index >= 15 is 0 Å². The van der Waals surface area contributed by atoms with Crippen LogP contribution in [0.2, 0.25) is 0 Å². The van der Waals surface area contributed by atoms with Gasteiger partial charge in [0.2, 0.25) is 11.7 Å². The summed E-state index contributed by atoms with van der Waals surface area (Å²) in [5.74, 6) is 1.26. The average Bonchev–Trinajstić information content (AvgIpc) is 3.08. The molecule has 0 N–H and O–H groups in total. The molecule has 0 saturated heterocycles. The van der Waals surface area contributed by atoms with Crippen LogP contribution in [0.1, 0.15) is 21.3 Å². The summed E-state index contributed by atoms with van der Waals surface area (Å²) >= 11 is 1.71. The highest BCUT2D eigenvalue weighted by molar-refractivity contribution is 7.11. The van der Waals surface area contributed by atoms with Gasteiger partial charge in [-0.2, -0.15) is 4.98 Å². The minimum absolute atomic E-state index is 0.621. The van der Waals surface area contributed by atoms with Crippen LogP contribution in [0.5, 0.6) is 0 Å². The number of aromatic nitrogens is 3. The molecule has 0 aliphatic carbocycles. The summed E-state index contributed by atoms with van der Waals surface area (Å²) in [7, 11) is 2.03. The van der Waals surface area contributed by atoms with Crippen molar-refractivity contribution in [1.82, 2.24) is 20.0 Å². The lowest BCUT2D eigenvalue weighted by Gasteiger charge is -2.11. The molecule has 0 unspecified atom stereocenters. The Kier molecular flexibility index (Phi) is 4.31. The predicted molar refractivity (Wildman–Crippen MR) is 86.5 cm³/mol. The van der Waals surface area contributed by atoms with Gasteiger partial charge in [0.05, 0.1) is 11.6 Å². The van der Waals surface area contributed by atoms with Gasteiger partial charge in [-0.15, -0.1) is 11.3 Å². The second kappa shape index (κ2) is 6.37. The van der Waals surface area contributed by atoms with E-state index in [-0.39, 0.29) is 0 Å². The number of rotatable bonds is 5.